The molecule has 1 aliphatic rings. The summed E-state index contributed by atoms with van der Waals surface area (Å²) in [6.45, 7) is 4.48. The molecule has 0 saturated heterocycles. The molecule has 0 spiro atoms. The van der Waals surface area contributed by atoms with Crippen molar-refractivity contribution in [3.8, 4) is 6.07 Å². The summed E-state index contributed by atoms with van der Waals surface area (Å²) in [5.41, 5.74) is 2.70. The van der Waals surface area contributed by atoms with Gasteiger partial charge in [0, 0.05) is 0 Å². The van der Waals surface area contributed by atoms with Crippen LogP contribution < -0.4 is 0 Å². The molecule has 1 aliphatic carbocycles. The van der Waals surface area contributed by atoms with E-state index in [1.807, 2.05) is 0 Å². The van der Waals surface area contributed by atoms with Gasteiger partial charge in [0.25, 0.3) is 0 Å². The summed E-state index contributed by atoms with van der Waals surface area (Å²) in [7, 11) is 0. The highest BCUT2D eigenvalue weighted by Gasteiger charge is 2.42. The average molecular weight is 213 g/mol. The second kappa shape index (κ2) is 4.29. The molecule has 2 rings (SSSR count). The highest BCUT2D eigenvalue weighted by Crippen LogP contribution is 2.47. The Hall–Kier alpha value is -1.29. The van der Waals surface area contributed by atoms with Crippen LogP contribution in [0, 0.1) is 22.7 Å². The van der Waals surface area contributed by atoms with Gasteiger partial charge in [-0.15, -0.1) is 0 Å². The first-order valence-electron chi connectivity index (χ1n) is 6.13. The lowest BCUT2D eigenvalue weighted by atomic mass is 9.95. The number of benzene rings is 1. The van der Waals surface area contributed by atoms with Crippen molar-refractivity contribution < 1.29 is 0 Å². The molecule has 1 saturated carbocycles. The Morgan fingerprint density at radius 3 is 2.19 bits per heavy atom. The minimum absolute atomic E-state index is 0.0143. The van der Waals surface area contributed by atoms with Crippen molar-refractivity contribution in [2.75, 3.05) is 0 Å². The van der Waals surface area contributed by atoms with Gasteiger partial charge in [-0.3, -0.25) is 0 Å². The minimum Gasteiger partial charge on any atom is -0.198 e. The van der Waals surface area contributed by atoms with Crippen molar-refractivity contribution in [3.63, 3.8) is 0 Å². The Morgan fingerprint density at radius 2 is 1.75 bits per heavy atom. The summed E-state index contributed by atoms with van der Waals surface area (Å²) < 4.78 is 0. The van der Waals surface area contributed by atoms with Crippen LogP contribution in [0.25, 0.3) is 0 Å². The van der Waals surface area contributed by atoms with Gasteiger partial charge >= 0.3 is 0 Å². The second-order valence-corrected chi connectivity index (χ2v) is 5.48. The molecule has 16 heavy (non-hydrogen) atoms. The molecule has 1 aromatic rings. The Balaban J connectivity index is 2.00. The van der Waals surface area contributed by atoms with Crippen LogP contribution in [0.3, 0.4) is 0 Å². The molecule has 0 amide bonds. The zero-order chi connectivity index (χ0) is 11.6. The second-order valence-electron chi connectivity index (χ2n) is 5.48. The molecule has 0 heterocycles. The van der Waals surface area contributed by atoms with Crippen molar-refractivity contribution in [3.05, 3.63) is 35.4 Å². The van der Waals surface area contributed by atoms with Gasteiger partial charge in [0.05, 0.1) is 11.5 Å². The third-order valence-corrected chi connectivity index (χ3v) is 3.30. The van der Waals surface area contributed by atoms with Crippen LogP contribution in [0.2, 0.25) is 0 Å². The van der Waals surface area contributed by atoms with Crippen LogP contribution in [0.1, 0.15) is 37.8 Å². The lowest BCUT2D eigenvalue weighted by Crippen LogP contribution is -2.01. The maximum absolute atomic E-state index is 9.04. The first-order valence-corrected chi connectivity index (χ1v) is 6.13. The number of rotatable bonds is 4. The topological polar surface area (TPSA) is 23.8 Å². The van der Waals surface area contributed by atoms with Gasteiger partial charge in [-0.05, 0) is 42.7 Å². The van der Waals surface area contributed by atoms with Crippen LogP contribution in [-0.4, -0.2) is 0 Å². The van der Waals surface area contributed by atoms with Crippen LogP contribution in [0.4, 0.5) is 0 Å². The molecule has 1 aromatic carbocycles. The monoisotopic (exact) mass is 213 g/mol. The van der Waals surface area contributed by atoms with E-state index < -0.39 is 0 Å². The van der Waals surface area contributed by atoms with Gasteiger partial charge in [-0.25, -0.2) is 0 Å². The Kier molecular flexibility index (Phi) is 3.01. The third kappa shape index (κ3) is 2.64. The number of nitrogens with zero attached hydrogens (tertiary/aromatic N) is 1. The summed E-state index contributed by atoms with van der Waals surface area (Å²) in [5, 5.41) is 9.04. The van der Waals surface area contributed by atoms with Crippen LogP contribution >= 0.6 is 0 Å². The first kappa shape index (κ1) is 11.2. The quantitative estimate of drug-likeness (QED) is 0.747. The Labute approximate surface area is 98.1 Å². The number of nitriles is 1. The summed E-state index contributed by atoms with van der Waals surface area (Å²) >= 11 is 0. The van der Waals surface area contributed by atoms with E-state index in [4.69, 9.17) is 5.26 Å². The van der Waals surface area contributed by atoms with E-state index in [1.54, 1.807) is 0 Å². The van der Waals surface area contributed by atoms with Gasteiger partial charge in [0.15, 0.2) is 0 Å². The number of hydrogen-bond donors (Lipinski definition) is 0. The summed E-state index contributed by atoms with van der Waals surface area (Å²) in [6.07, 6.45) is 4.24. The zero-order valence-corrected chi connectivity index (χ0v) is 10.2. The van der Waals surface area contributed by atoms with Gasteiger partial charge < -0.3 is 0 Å². The van der Waals surface area contributed by atoms with E-state index in [2.05, 4.69) is 44.2 Å². The SMILES string of the molecule is CC(C)Cc1ccc(CC2(C#N)CC2)cc1. The highest BCUT2D eigenvalue weighted by atomic mass is 14.5. The predicted octanol–water partition coefficient (Wildman–Crippen LogP) is 3.73. The molecular weight excluding hydrogens is 194 g/mol. The summed E-state index contributed by atoms with van der Waals surface area (Å²) in [6, 6.07) is 11.2. The first-order chi connectivity index (χ1) is 7.63. The van der Waals surface area contributed by atoms with Crippen LogP contribution in [0.15, 0.2) is 24.3 Å². The van der Waals surface area contributed by atoms with Crippen LogP contribution in [-0.2, 0) is 12.8 Å². The molecule has 0 bridgehead atoms. The molecule has 1 nitrogen and oxygen atoms in total. The molecule has 0 aliphatic heterocycles. The van der Waals surface area contributed by atoms with E-state index in [9.17, 15) is 0 Å². The van der Waals surface area contributed by atoms with Gasteiger partial charge in [-0.1, -0.05) is 38.1 Å². The Morgan fingerprint density at radius 1 is 1.19 bits per heavy atom. The molecule has 0 aromatic heterocycles. The Bertz CT molecular complexity index is 390. The average Bonchev–Trinajstić information content (AvgIpc) is 3.01. The summed E-state index contributed by atoms with van der Waals surface area (Å²) in [5.74, 6) is 0.708. The van der Waals surface area contributed by atoms with Crippen molar-refractivity contribution in [1.29, 1.82) is 5.26 Å². The normalized spacial score (nSPS) is 17.1. The zero-order valence-electron chi connectivity index (χ0n) is 10.2. The van der Waals surface area contributed by atoms with Gasteiger partial charge in [-0.2, -0.15) is 5.26 Å². The van der Waals surface area contributed by atoms with Crippen molar-refractivity contribution >= 4 is 0 Å². The fourth-order valence-corrected chi connectivity index (χ4v) is 2.13. The van der Waals surface area contributed by atoms with Crippen LogP contribution in [0.5, 0.6) is 0 Å². The molecule has 0 N–H and O–H groups in total. The fraction of sp³-hybridized carbons (Fsp3) is 0.533. The molecule has 1 fully saturated rings. The predicted molar refractivity (Wildman–Crippen MR) is 66.0 cm³/mol. The summed E-state index contributed by atoms with van der Waals surface area (Å²) in [4.78, 5) is 0. The van der Waals surface area contributed by atoms with E-state index in [-0.39, 0.29) is 5.41 Å². The maximum Gasteiger partial charge on any atom is 0.0693 e. The minimum atomic E-state index is -0.0143. The van der Waals surface area contributed by atoms with E-state index in [1.165, 1.54) is 11.1 Å². The maximum atomic E-state index is 9.04. The smallest absolute Gasteiger partial charge is 0.0693 e. The van der Waals surface area contributed by atoms with E-state index in [0.29, 0.717) is 5.92 Å². The molecule has 0 unspecified atom stereocenters. The van der Waals surface area contributed by atoms with Gasteiger partial charge in [0.1, 0.15) is 0 Å². The standard InChI is InChI=1S/C15H19N/c1-12(2)9-13-3-5-14(6-4-13)10-15(11-16)7-8-15/h3-6,12H,7-10H2,1-2H3. The van der Waals surface area contributed by atoms with Crippen molar-refractivity contribution in [2.24, 2.45) is 11.3 Å². The lowest BCUT2D eigenvalue weighted by molar-refractivity contribution is 0.644. The molecule has 84 valence electrons. The number of hydrogen-bond acceptors (Lipinski definition) is 1. The fourth-order valence-electron chi connectivity index (χ4n) is 2.13. The largest absolute Gasteiger partial charge is 0.198 e. The van der Waals surface area contributed by atoms with E-state index >= 15 is 0 Å². The molecule has 0 atom stereocenters. The lowest BCUT2D eigenvalue weighted by Gasteiger charge is -2.08. The van der Waals surface area contributed by atoms with Gasteiger partial charge in [0.2, 0.25) is 0 Å². The van der Waals surface area contributed by atoms with E-state index in [0.717, 1.165) is 25.7 Å². The van der Waals surface area contributed by atoms with Crippen molar-refractivity contribution in [2.45, 2.75) is 39.5 Å². The van der Waals surface area contributed by atoms with Crippen molar-refractivity contribution in [1.82, 2.24) is 0 Å². The molecule has 0 radical (unpaired) electrons. The highest BCUT2D eigenvalue weighted by molar-refractivity contribution is 5.27. The third-order valence-electron chi connectivity index (χ3n) is 3.30. The molecule has 1 heteroatoms. The molecular formula is C15H19N.